The van der Waals surface area contributed by atoms with E-state index in [0.29, 0.717) is 24.7 Å². The fraction of sp³-hybridized carbons (Fsp3) is 0.706. The molecule has 0 spiro atoms. The maximum atomic E-state index is 12.5. The molecule has 1 aliphatic heterocycles. The normalized spacial score (nSPS) is 18.0. The van der Waals surface area contributed by atoms with Gasteiger partial charge in [-0.2, -0.15) is 5.10 Å². The lowest BCUT2D eigenvalue weighted by Crippen LogP contribution is -2.56. The molecule has 2 heterocycles. The predicted molar refractivity (Wildman–Crippen MR) is 88.6 cm³/mol. The standard InChI is InChI=1S/C17H27N3O4/c1-12(2)11-20-8-5-13(18-20)14(21)19-9-6-17(24,7-10-19)16(3,4)15(22)23/h5,8,12,24H,6-7,9-11H2,1-4H3,(H,22,23). The van der Waals surface area contributed by atoms with Crippen LogP contribution in [0.25, 0.3) is 0 Å². The zero-order chi connectivity index (χ0) is 18.1. The molecular formula is C17H27N3O4. The van der Waals surface area contributed by atoms with Gasteiger partial charge in [0.15, 0.2) is 0 Å². The Balaban J connectivity index is 2.03. The lowest BCUT2D eigenvalue weighted by molar-refractivity contribution is -0.170. The summed E-state index contributed by atoms with van der Waals surface area (Å²) in [6.45, 7) is 8.62. The number of aromatic nitrogens is 2. The molecule has 1 saturated heterocycles. The van der Waals surface area contributed by atoms with E-state index in [1.807, 2.05) is 0 Å². The summed E-state index contributed by atoms with van der Waals surface area (Å²) in [6.07, 6.45) is 2.27. The third-order valence-electron chi connectivity index (χ3n) is 4.99. The van der Waals surface area contributed by atoms with Crippen LogP contribution in [0, 0.1) is 11.3 Å². The number of nitrogens with zero attached hydrogens (tertiary/aromatic N) is 3. The first-order chi connectivity index (χ1) is 11.1. The van der Waals surface area contributed by atoms with Crippen LogP contribution < -0.4 is 0 Å². The minimum absolute atomic E-state index is 0.173. The van der Waals surface area contributed by atoms with E-state index in [9.17, 15) is 19.8 Å². The predicted octanol–water partition coefficient (Wildman–Crippen LogP) is 1.62. The summed E-state index contributed by atoms with van der Waals surface area (Å²) in [5.41, 5.74) is -2.17. The van der Waals surface area contributed by atoms with Crippen molar-refractivity contribution in [1.82, 2.24) is 14.7 Å². The Bertz CT molecular complexity index is 613. The second-order valence-electron chi connectivity index (χ2n) is 7.57. The highest BCUT2D eigenvalue weighted by Crippen LogP contribution is 2.39. The van der Waals surface area contributed by atoms with Crippen LogP contribution in [0.5, 0.6) is 0 Å². The monoisotopic (exact) mass is 337 g/mol. The Morgan fingerprint density at radius 2 is 1.92 bits per heavy atom. The maximum absolute atomic E-state index is 12.5. The van der Waals surface area contributed by atoms with Crippen LogP contribution in [-0.2, 0) is 11.3 Å². The summed E-state index contributed by atoms with van der Waals surface area (Å²) in [4.78, 5) is 25.6. The summed E-state index contributed by atoms with van der Waals surface area (Å²) in [5.74, 6) is -0.763. The molecule has 1 fully saturated rings. The van der Waals surface area contributed by atoms with E-state index in [2.05, 4.69) is 18.9 Å². The van der Waals surface area contributed by atoms with Crippen molar-refractivity contribution < 1.29 is 19.8 Å². The highest BCUT2D eigenvalue weighted by Gasteiger charge is 2.50. The van der Waals surface area contributed by atoms with E-state index in [4.69, 9.17) is 0 Å². The molecule has 0 bridgehead atoms. The van der Waals surface area contributed by atoms with Crippen molar-refractivity contribution in [2.45, 2.75) is 52.7 Å². The SMILES string of the molecule is CC(C)Cn1ccc(C(=O)N2CCC(O)(C(C)(C)C(=O)O)CC2)n1. The molecule has 2 N–H and O–H groups in total. The molecule has 134 valence electrons. The third-order valence-corrected chi connectivity index (χ3v) is 4.99. The number of aliphatic hydroxyl groups is 1. The number of aliphatic carboxylic acids is 1. The van der Waals surface area contributed by atoms with Gasteiger partial charge in [-0.15, -0.1) is 0 Å². The van der Waals surface area contributed by atoms with Crippen molar-refractivity contribution in [2.24, 2.45) is 11.3 Å². The van der Waals surface area contributed by atoms with Crippen LogP contribution >= 0.6 is 0 Å². The molecule has 1 aromatic heterocycles. The Labute approximate surface area is 142 Å². The Morgan fingerprint density at radius 1 is 1.33 bits per heavy atom. The molecule has 0 aromatic carbocycles. The highest BCUT2D eigenvalue weighted by atomic mass is 16.4. The van der Waals surface area contributed by atoms with Gasteiger partial charge in [0.2, 0.25) is 0 Å². The number of carboxylic acid groups (broad SMARTS) is 1. The van der Waals surface area contributed by atoms with E-state index in [1.54, 1.807) is 21.8 Å². The zero-order valence-corrected chi connectivity index (χ0v) is 14.8. The number of piperidine rings is 1. The minimum atomic E-state index is -1.31. The van der Waals surface area contributed by atoms with Crippen LogP contribution in [0.15, 0.2) is 12.3 Å². The fourth-order valence-electron chi connectivity index (χ4n) is 3.02. The molecule has 1 amide bonds. The van der Waals surface area contributed by atoms with Gasteiger partial charge in [0.25, 0.3) is 5.91 Å². The first kappa shape index (κ1) is 18.4. The van der Waals surface area contributed by atoms with Gasteiger partial charge in [0.1, 0.15) is 5.69 Å². The average molecular weight is 337 g/mol. The first-order valence-electron chi connectivity index (χ1n) is 8.35. The summed E-state index contributed by atoms with van der Waals surface area (Å²) in [5, 5.41) is 24.3. The van der Waals surface area contributed by atoms with Gasteiger partial charge in [-0.25, -0.2) is 0 Å². The van der Waals surface area contributed by atoms with Gasteiger partial charge in [-0.1, -0.05) is 13.8 Å². The third kappa shape index (κ3) is 3.45. The quantitative estimate of drug-likeness (QED) is 0.851. The Kier molecular flexibility index (Phi) is 5.03. The summed E-state index contributed by atoms with van der Waals surface area (Å²) >= 11 is 0. The molecular weight excluding hydrogens is 310 g/mol. The molecule has 24 heavy (non-hydrogen) atoms. The van der Waals surface area contributed by atoms with Crippen LogP contribution in [-0.4, -0.2) is 55.5 Å². The molecule has 7 heteroatoms. The zero-order valence-electron chi connectivity index (χ0n) is 14.8. The second-order valence-corrected chi connectivity index (χ2v) is 7.57. The summed E-state index contributed by atoms with van der Waals surface area (Å²) in [6, 6.07) is 1.70. The molecule has 2 rings (SSSR count). The highest BCUT2D eigenvalue weighted by molar-refractivity contribution is 5.92. The summed E-state index contributed by atoms with van der Waals surface area (Å²) < 4.78 is 1.76. The van der Waals surface area contributed by atoms with E-state index >= 15 is 0 Å². The fourth-order valence-corrected chi connectivity index (χ4v) is 3.02. The number of carboxylic acids is 1. The molecule has 0 radical (unpaired) electrons. The first-order valence-corrected chi connectivity index (χ1v) is 8.35. The van der Waals surface area contributed by atoms with Gasteiger partial charge < -0.3 is 15.1 Å². The van der Waals surface area contributed by atoms with Crippen LogP contribution in [0.4, 0.5) is 0 Å². The lowest BCUT2D eigenvalue weighted by atomic mass is 9.69. The molecule has 0 unspecified atom stereocenters. The van der Waals surface area contributed by atoms with Crippen molar-refractivity contribution in [2.75, 3.05) is 13.1 Å². The number of carbonyl (C=O) groups excluding carboxylic acids is 1. The largest absolute Gasteiger partial charge is 0.481 e. The van der Waals surface area contributed by atoms with Crippen molar-refractivity contribution in [3.63, 3.8) is 0 Å². The molecule has 7 nitrogen and oxygen atoms in total. The summed E-state index contributed by atoms with van der Waals surface area (Å²) in [7, 11) is 0. The van der Waals surface area contributed by atoms with Crippen molar-refractivity contribution in [3.8, 4) is 0 Å². The Hall–Kier alpha value is -1.89. The minimum Gasteiger partial charge on any atom is -0.481 e. The number of carbonyl (C=O) groups is 2. The number of likely N-dealkylation sites (tertiary alicyclic amines) is 1. The Morgan fingerprint density at radius 3 is 2.42 bits per heavy atom. The topological polar surface area (TPSA) is 95.7 Å². The van der Waals surface area contributed by atoms with Crippen LogP contribution in [0.3, 0.4) is 0 Å². The van der Waals surface area contributed by atoms with Crippen molar-refractivity contribution in [1.29, 1.82) is 0 Å². The van der Waals surface area contributed by atoms with E-state index in [1.165, 1.54) is 13.8 Å². The smallest absolute Gasteiger partial charge is 0.312 e. The number of amides is 1. The van der Waals surface area contributed by atoms with E-state index in [0.717, 1.165) is 6.54 Å². The van der Waals surface area contributed by atoms with Crippen LogP contribution in [0.2, 0.25) is 0 Å². The van der Waals surface area contributed by atoms with E-state index in [-0.39, 0.29) is 18.7 Å². The number of rotatable bonds is 5. The molecule has 1 aliphatic rings. The molecule has 0 atom stereocenters. The molecule has 1 aromatic rings. The average Bonchev–Trinajstić information content (AvgIpc) is 2.94. The van der Waals surface area contributed by atoms with Gasteiger partial charge in [0, 0.05) is 25.8 Å². The number of hydrogen-bond donors (Lipinski definition) is 2. The maximum Gasteiger partial charge on any atom is 0.312 e. The van der Waals surface area contributed by atoms with E-state index < -0.39 is 17.0 Å². The van der Waals surface area contributed by atoms with Gasteiger partial charge in [-0.3, -0.25) is 14.3 Å². The van der Waals surface area contributed by atoms with Crippen molar-refractivity contribution >= 4 is 11.9 Å². The molecule has 0 aliphatic carbocycles. The number of hydrogen-bond acceptors (Lipinski definition) is 4. The van der Waals surface area contributed by atoms with Crippen LogP contribution in [0.1, 0.15) is 51.0 Å². The van der Waals surface area contributed by atoms with Gasteiger partial charge >= 0.3 is 5.97 Å². The van der Waals surface area contributed by atoms with Crippen molar-refractivity contribution in [3.05, 3.63) is 18.0 Å². The van der Waals surface area contributed by atoms with Gasteiger partial charge in [0.05, 0.1) is 11.0 Å². The van der Waals surface area contributed by atoms with Gasteiger partial charge in [-0.05, 0) is 38.7 Å². The molecule has 0 saturated carbocycles. The lowest BCUT2D eigenvalue weighted by Gasteiger charge is -2.45. The second kappa shape index (κ2) is 6.55.